The summed E-state index contributed by atoms with van der Waals surface area (Å²) in [6.07, 6.45) is -4.85. The van der Waals surface area contributed by atoms with Gasteiger partial charge in [0, 0.05) is 0 Å². The molecule has 8 heteroatoms. The first kappa shape index (κ1) is 17.2. The first-order valence-electron chi connectivity index (χ1n) is 6.06. The molecule has 21 heavy (non-hydrogen) atoms. The summed E-state index contributed by atoms with van der Waals surface area (Å²) in [4.78, 5) is 12.1. The highest BCUT2D eigenvalue weighted by Gasteiger charge is 2.33. The molecule has 1 rings (SSSR count). The molecule has 0 fully saturated rings. The van der Waals surface area contributed by atoms with Crippen LogP contribution in [0.4, 0.5) is 18.9 Å². The molecule has 0 bridgehead atoms. The molecule has 0 aromatic heterocycles. The average Bonchev–Trinajstić information content (AvgIpc) is 2.28. The summed E-state index contributed by atoms with van der Waals surface area (Å²) < 4.78 is 40.7. The number of amides is 1. The van der Waals surface area contributed by atoms with Crippen molar-refractivity contribution in [3.63, 3.8) is 0 Å². The molecule has 116 valence electrons. The van der Waals surface area contributed by atoms with Crippen molar-refractivity contribution in [2.75, 3.05) is 5.32 Å². The standard InChI is InChI=1S/C13H15F3N2O2S/c1-7(2)10(11(17)21)12(19)18-8-5-3-4-6-9(8)20-13(14,15)16/h3-7,10H,1-2H3,(H2,17,21)(H,18,19). The van der Waals surface area contributed by atoms with Crippen LogP contribution in [-0.4, -0.2) is 17.3 Å². The summed E-state index contributed by atoms with van der Waals surface area (Å²) in [6, 6.07) is 5.25. The molecule has 0 aliphatic heterocycles. The van der Waals surface area contributed by atoms with Gasteiger partial charge in [-0.3, -0.25) is 4.79 Å². The van der Waals surface area contributed by atoms with Gasteiger partial charge in [0.1, 0.15) is 0 Å². The van der Waals surface area contributed by atoms with Crippen molar-refractivity contribution in [1.29, 1.82) is 0 Å². The number of carbonyl (C=O) groups excluding carboxylic acids is 1. The number of ether oxygens (including phenoxy) is 1. The van der Waals surface area contributed by atoms with Crippen molar-refractivity contribution in [2.45, 2.75) is 20.2 Å². The Kier molecular flexibility index (Phi) is 5.54. The number of para-hydroxylation sites is 2. The number of rotatable bonds is 5. The van der Waals surface area contributed by atoms with Crippen LogP contribution in [0.2, 0.25) is 0 Å². The molecule has 1 aromatic rings. The monoisotopic (exact) mass is 320 g/mol. The Balaban J connectivity index is 2.97. The Labute approximate surface area is 125 Å². The molecule has 3 N–H and O–H groups in total. The predicted octanol–water partition coefficient (Wildman–Crippen LogP) is 3.08. The van der Waals surface area contributed by atoms with Gasteiger partial charge >= 0.3 is 6.36 Å². The highest BCUT2D eigenvalue weighted by molar-refractivity contribution is 7.80. The minimum Gasteiger partial charge on any atom is -0.404 e. The van der Waals surface area contributed by atoms with Crippen LogP contribution in [0.15, 0.2) is 24.3 Å². The van der Waals surface area contributed by atoms with E-state index in [2.05, 4.69) is 10.1 Å². The molecule has 1 amide bonds. The highest BCUT2D eigenvalue weighted by Crippen LogP contribution is 2.30. The third kappa shape index (κ3) is 5.22. The largest absolute Gasteiger partial charge is 0.573 e. The molecule has 1 atom stereocenters. The predicted molar refractivity (Wildman–Crippen MR) is 76.9 cm³/mol. The topological polar surface area (TPSA) is 64.3 Å². The number of hydrogen-bond donors (Lipinski definition) is 2. The lowest BCUT2D eigenvalue weighted by atomic mass is 9.95. The van der Waals surface area contributed by atoms with Gasteiger partial charge in [0.25, 0.3) is 0 Å². The molecule has 0 aliphatic carbocycles. The van der Waals surface area contributed by atoms with Crippen LogP contribution in [0.1, 0.15) is 13.8 Å². The number of hydrogen-bond acceptors (Lipinski definition) is 3. The summed E-state index contributed by atoms with van der Waals surface area (Å²) in [5.74, 6) is -2.03. The van der Waals surface area contributed by atoms with Crippen LogP contribution in [0.5, 0.6) is 5.75 Å². The van der Waals surface area contributed by atoms with E-state index in [1.165, 1.54) is 18.2 Å². The third-order valence-corrected chi connectivity index (χ3v) is 2.88. The Morgan fingerprint density at radius 1 is 1.33 bits per heavy atom. The number of anilines is 1. The summed E-state index contributed by atoms with van der Waals surface area (Å²) in [7, 11) is 0. The van der Waals surface area contributed by atoms with E-state index in [0.717, 1.165) is 6.07 Å². The van der Waals surface area contributed by atoms with Crippen molar-refractivity contribution >= 4 is 28.8 Å². The minimum atomic E-state index is -4.85. The number of halogens is 3. The van der Waals surface area contributed by atoms with Crippen molar-refractivity contribution in [1.82, 2.24) is 0 Å². The fourth-order valence-corrected chi connectivity index (χ4v) is 2.13. The smallest absolute Gasteiger partial charge is 0.404 e. The number of alkyl halides is 3. The van der Waals surface area contributed by atoms with Crippen LogP contribution in [-0.2, 0) is 4.79 Å². The molecule has 0 heterocycles. The molecule has 0 aliphatic rings. The molecule has 0 saturated heterocycles. The maximum absolute atomic E-state index is 12.3. The SMILES string of the molecule is CC(C)C(C(=O)Nc1ccccc1OC(F)(F)F)C(N)=S. The van der Waals surface area contributed by atoms with Crippen LogP contribution >= 0.6 is 12.2 Å². The molecule has 0 spiro atoms. The molecular formula is C13H15F3N2O2S. The van der Waals surface area contributed by atoms with E-state index in [1.54, 1.807) is 13.8 Å². The quantitative estimate of drug-likeness (QED) is 0.818. The number of thiocarbonyl (C=S) groups is 1. The Morgan fingerprint density at radius 2 is 1.90 bits per heavy atom. The molecule has 1 unspecified atom stereocenters. The van der Waals surface area contributed by atoms with Gasteiger partial charge in [-0.2, -0.15) is 0 Å². The molecule has 1 aromatic carbocycles. The van der Waals surface area contributed by atoms with E-state index in [-0.39, 0.29) is 16.6 Å². The fourth-order valence-electron chi connectivity index (χ4n) is 1.75. The zero-order valence-corrected chi connectivity index (χ0v) is 12.2. The zero-order chi connectivity index (χ0) is 16.2. The van der Waals surface area contributed by atoms with E-state index in [4.69, 9.17) is 18.0 Å². The zero-order valence-electron chi connectivity index (χ0n) is 11.4. The number of nitrogens with two attached hydrogens (primary N) is 1. The van der Waals surface area contributed by atoms with Gasteiger partial charge in [0.05, 0.1) is 16.6 Å². The second-order valence-corrected chi connectivity index (χ2v) is 5.13. The lowest BCUT2D eigenvalue weighted by Gasteiger charge is -2.20. The van der Waals surface area contributed by atoms with Crippen LogP contribution in [0.25, 0.3) is 0 Å². The van der Waals surface area contributed by atoms with Gasteiger partial charge in [-0.25, -0.2) is 0 Å². The molecule has 4 nitrogen and oxygen atoms in total. The number of nitrogens with one attached hydrogen (secondary N) is 1. The summed E-state index contributed by atoms with van der Waals surface area (Å²) in [5, 5.41) is 2.36. The van der Waals surface area contributed by atoms with Crippen molar-refractivity contribution in [3.05, 3.63) is 24.3 Å². The lowest BCUT2D eigenvalue weighted by Crippen LogP contribution is -2.37. The minimum absolute atomic E-state index is 0.0169. The van der Waals surface area contributed by atoms with Crippen LogP contribution in [0.3, 0.4) is 0 Å². The van der Waals surface area contributed by atoms with Gasteiger partial charge in [-0.1, -0.05) is 38.2 Å². The van der Waals surface area contributed by atoms with E-state index in [0.29, 0.717) is 0 Å². The van der Waals surface area contributed by atoms with Crippen molar-refractivity contribution in [3.8, 4) is 5.75 Å². The average molecular weight is 320 g/mol. The molecular weight excluding hydrogens is 305 g/mol. The summed E-state index contributed by atoms with van der Waals surface area (Å²) in [5.41, 5.74) is 5.40. The molecule has 0 saturated carbocycles. The van der Waals surface area contributed by atoms with Gasteiger partial charge in [-0.05, 0) is 18.1 Å². The van der Waals surface area contributed by atoms with Crippen LogP contribution < -0.4 is 15.8 Å². The van der Waals surface area contributed by atoms with Crippen molar-refractivity contribution in [2.24, 2.45) is 17.6 Å². The van der Waals surface area contributed by atoms with E-state index in [1.807, 2.05) is 0 Å². The Hall–Kier alpha value is -1.83. The number of benzene rings is 1. The lowest BCUT2D eigenvalue weighted by molar-refractivity contribution is -0.274. The summed E-state index contributed by atoms with van der Waals surface area (Å²) in [6.45, 7) is 3.48. The van der Waals surface area contributed by atoms with Crippen LogP contribution in [0, 0.1) is 11.8 Å². The first-order chi connectivity index (χ1) is 9.61. The maximum Gasteiger partial charge on any atom is 0.573 e. The highest BCUT2D eigenvalue weighted by atomic mass is 32.1. The number of carbonyl (C=O) groups is 1. The van der Waals surface area contributed by atoms with Crippen molar-refractivity contribution < 1.29 is 22.7 Å². The molecule has 0 radical (unpaired) electrons. The first-order valence-corrected chi connectivity index (χ1v) is 6.47. The second-order valence-electron chi connectivity index (χ2n) is 4.66. The third-order valence-electron chi connectivity index (χ3n) is 2.63. The Bertz CT molecular complexity index is 532. The normalized spacial score (nSPS) is 12.9. The van der Waals surface area contributed by atoms with E-state index < -0.39 is 23.9 Å². The second kappa shape index (κ2) is 6.75. The van der Waals surface area contributed by atoms with E-state index >= 15 is 0 Å². The maximum atomic E-state index is 12.3. The van der Waals surface area contributed by atoms with Gasteiger partial charge in [-0.15, -0.1) is 13.2 Å². The van der Waals surface area contributed by atoms with Gasteiger partial charge < -0.3 is 15.8 Å². The van der Waals surface area contributed by atoms with Gasteiger partial charge in [0.2, 0.25) is 5.91 Å². The van der Waals surface area contributed by atoms with Gasteiger partial charge in [0.15, 0.2) is 5.75 Å². The summed E-state index contributed by atoms with van der Waals surface area (Å²) >= 11 is 4.81. The Morgan fingerprint density at radius 3 is 2.38 bits per heavy atom. The van der Waals surface area contributed by atoms with E-state index in [9.17, 15) is 18.0 Å². The fraction of sp³-hybridized carbons (Fsp3) is 0.385.